The van der Waals surface area contributed by atoms with E-state index >= 15 is 0 Å². The lowest BCUT2D eigenvalue weighted by Crippen LogP contribution is -2.41. The Balaban J connectivity index is 2.50. The minimum absolute atomic E-state index is 0.00832. The first-order valence-corrected chi connectivity index (χ1v) is 12.0. The average molecular weight is 498 g/mol. The van der Waals surface area contributed by atoms with E-state index in [1.54, 1.807) is 30.3 Å². The molecule has 0 radical (unpaired) electrons. The topological polar surface area (TPSA) is 149 Å². The molecule has 0 aromatic heterocycles. The molecule has 182 valence electrons. The van der Waals surface area contributed by atoms with Crippen LogP contribution < -0.4 is 15.4 Å². The fraction of sp³-hybridized carbons (Fsp3) is 0.208. The van der Waals surface area contributed by atoms with Gasteiger partial charge in [-0.1, -0.05) is 30.3 Å². The molecule has 0 fully saturated rings. The Morgan fingerprint density at radius 2 is 1.66 bits per heavy atom. The lowest BCUT2D eigenvalue weighted by atomic mass is 9.81. The van der Waals surface area contributed by atoms with Gasteiger partial charge in [0.25, 0.3) is 0 Å². The van der Waals surface area contributed by atoms with Gasteiger partial charge in [0.1, 0.15) is 17.3 Å². The van der Waals surface area contributed by atoms with Gasteiger partial charge in [-0.25, -0.2) is 18.0 Å². The molecule has 35 heavy (non-hydrogen) atoms. The number of allylic oxidation sites excluding steroid dienone is 1. The summed E-state index contributed by atoms with van der Waals surface area (Å²) in [5, 5.41) is 10.1. The van der Waals surface area contributed by atoms with Crippen LogP contribution in [0.1, 0.15) is 11.5 Å². The molecule has 1 heterocycles. The molecule has 3 rings (SSSR count). The van der Waals surface area contributed by atoms with Crippen LogP contribution in [0, 0.1) is 11.3 Å². The fourth-order valence-corrected chi connectivity index (χ4v) is 4.48. The largest absolute Gasteiger partial charge is 0.495 e. The fourth-order valence-electron chi connectivity index (χ4n) is 3.84. The van der Waals surface area contributed by atoms with Crippen molar-refractivity contribution in [3.8, 4) is 11.8 Å². The van der Waals surface area contributed by atoms with Gasteiger partial charge in [0.05, 0.1) is 55.0 Å². The van der Waals surface area contributed by atoms with Crippen molar-refractivity contribution in [3.63, 3.8) is 0 Å². The number of carbonyl (C=O) groups excluding carboxylic acids is 2. The van der Waals surface area contributed by atoms with Crippen molar-refractivity contribution in [2.75, 3.05) is 32.5 Å². The minimum Gasteiger partial charge on any atom is -0.495 e. The van der Waals surface area contributed by atoms with Crippen molar-refractivity contribution in [2.24, 2.45) is 5.73 Å². The average Bonchev–Trinajstić information content (AvgIpc) is 2.86. The van der Waals surface area contributed by atoms with Crippen LogP contribution in [0.2, 0.25) is 0 Å². The zero-order valence-electron chi connectivity index (χ0n) is 19.4. The van der Waals surface area contributed by atoms with Crippen LogP contribution in [-0.4, -0.2) is 47.9 Å². The van der Waals surface area contributed by atoms with E-state index in [9.17, 15) is 23.3 Å². The maximum Gasteiger partial charge on any atom is 0.355 e. The molecule has 10 nitrogen and oxygen atoms in total. The molecule has 1 atom stereocenters. The van der Waals surface area contributed by atoms with Gasteiger partial charge < -0.3 is 19.9 Å². The number of hydrogen-bond acceptors (Lipinski definition) is 10. The second-order valence-electron chi connectivity index (χ2n) is 7.44. The zero-order valence-corrected chi connectivity index (χ0v) is 20.3. The monoisotopic (exact) mass is 497 g/mol. The molecule has 0 aliphatic carbocycles. The molecule has 0 spiro atoms. The quantitative estimate of drug-likeness (QED) is 0.587. The van der Waals surface area contributed by atoms with Crippen LogP contribution in [0.3, 0.4) is 0 Å². The van der Waals surface area contributed by atoms with Gasteiger partial charge in [-0.3, -0.25) is 4.90 Å². The Bertz CT molecular complexity index is 1390. The number of ether oxygens (including phenoxy) is 3. The Labute approximate surface area is 202 Å². The summed E-state index contributed by atoms with van der Waals surface area (Å²) in [6.07, 6.45) is 1.01. The number of carbonyl (C=O) groups is 2. The number of methoxy groups -OCH3 is 3. The number of rotatable bonds is 6. The van der Waals surface area contributed by atoms with Crippen molar-refractivity contribution < 1.29 is 32.2 Å². The smallest absolute Gasteiger partial charge is 0.355 e. The first-order valence-electron chi connectivity index (χ1n) is 10.1. The van der Waals surface area contributed by atoms with Crippen molar-refractivity contribution in [1.29, 1.82) is 5.26 Å². The van der Waals surface area contributed by atoms with E-state index in [-0.39, 0.29) is 39.0 Å². The first-order chi connectivity index (χ1) is 16.6. The molecule has 2 N–H and O–H groups in total. The Morgan fingerprint density at radius 1 is 1.03 bits per heavy atom. The van der Waals surface area contributed by atoms with E-state index in [1.807, 2.05) is 6.07 Å². The first kappa shape index (κ1) is 25.3. The van der Waals surface area contributed by atoms with Crippen molar-refractivity contribution in [2.45, 2.75) is 10.8 Å². The zero-order chi connectivity index (χ0) is 25.9. The maximum absolute atomic E-state index is 13.1. The van der Waals surface area contributed by atoms with Crippen LogP contribution in [0.4, 0.5) is 5.69 Å². The summed E-state index contributed by atoms with van der Waals surface area (Å²) in [4.78, 5) is 27.2. The maximum atomic E-state index is 13.1. The Hall–Kier alpha value is -4.30. The number of anilines is 1. The van der Waals surface area contributed by atoms with E-state index in [1.165, 1.54) is 25.3 Å². The highest BCUT2D eigenvalue weighted by atomic mass is 32.2. The van der Waals surface area contributed by atoms with Crippen molar-refractivity contribution in [3.05, 3.63) is 76.8 Å². The molecular formula is C24H23N3O7S. The van der Waals surface area contributed by atoms with Crippen LogP contribution >= 0.6 is 0 Å². The van der Waals surface area contributed by atoms with E-state index in [0.29, 0.717) is 5.56 Å². The Kier molecular flexibility index (Phi) is 7.17. The summed E-state index contributed by atoms with van der Waals surface area (Å²) in [6, 6.07) is 14.5. The highest BCUT2D eigenvalue weighted by Crippen LogP contribution is 2.45. The summed E-state index contributed by atoms with van der Waals surface area (Å²) in [7, 11) is -0.0992. The molecule has 1 aliphatic rings. The third kappa shape index (κ3) is 4.56. The number of benzene rings is 2. The van der Waals surface area contributed by atoms with Crippen molar-refractivity contribution >= 4 is 27.5 Å². The molecule has 11 heteroatoms. The van der Waals surface area contributed by atoms with E-state index < -0.39 is 27.7 Å². The predicted octanol–water partition coefficient (Wildman–Crippen LogP) is 2.00. The van der Waals surface area contributed by atoms with Crippen LogP contribution in [0.25, 0.3) is 0 Å². The minimum atomic E-state index is -3.69. The lowest BCUT2D eigenvalue weighted by molar-refractivity contribution is -0.139. The molecule has 0 amide bonds. The number of esters is 2. The number of nitrogens with two attached hydrogens (primary N) is 1. The van der Waals surface area contributed by atoms with E-state index in [0.717, 1.165) is 25.4 Å². The highest BCUT2D eigenvalue weighted by molar-refractivity contribution is 7.90. The third-order valence-corrected chi connectivity index (χ3v) is 6.54. The summed E-state index contributed by atoms with van der Waals surface area (Å²) in [5.41, 5.74) is 6.36. The van der Waals surface area contributed by atoms with Gasteiger partial charge in [0.15, 0.2) is 9.84 Å². The molecule has 0 saturated heterocycles. The van der Waals surface area contributed by atoms with Gasteiger partial charge in [0.2, 0.25) is 0 Å². The van der Waals surface area contributed by atoms with Crippen LogP contribution in [-0.2, 0) is 28.9 Å². The predicted molar refractivity (Wildman–Crippen MR) is 126 cm³/mol. The van der Waals surface area contributed by atoms with Crippen LogP contribution in [0.15, 0.2) is 76.1 Å². The third-order valence-electron chi connectivity index (χ3n) is 5.43. The van der Waals surface area contributed by atoms with E-state index in [2.05, 4.69) is 0 Å². The summed E-state index contributed by atoms with van der Waals surface area (Å²) in [6.45, 7) is 0. The number of sulfone groups is 1. The number of nitrogens with zero attached hydrogens (tertiary/aromatic N) is 2. The van der Waals surface area contributed by atoms with Gasteiger partial charge in [-0.2, -0.15) is 5.26 Å². The SMILES string of the molecule is COC(=O)C1=C(C(=O)OC)N(c2cc(S(C)(=O)=O)ccc2OC)C(N)=C(C#N)C1c1ccccc1. The number of nitriles is 1. The summed E-state index contributed by atoms with van der Waals surface area (Å²) >= 11 is 0. The molecular weight excluding hydrogens is 474 g/mol. The molecule has 1 aliphatic heterocycles. The normalized spacial score (nSPS) is 16.0. The second kappa shape index (κ2) is 9.90. The highest BCUT2D eigenvalue weighted by Gasteiger charge is 2.43. The molecule has 0 bridgehead atoms. The molecule has 0 saturated carbocycles. The lowest BCUT2D eigenvalue weighted by Gasteiger charge is -2.36. The van der Waals surface area contributed by atoms with Gasteiger partial charge in [-0.05, 0) is 23.8 Å². The molecule has 2 aromatic carbocycles. The van der Waals surface area contributed by atoms with Crippen molar-refractivity contribution in [1.82, 2.24) is 0 Å². The second-order valence-corrected chi connectivity index (χ2v) is 9.46. The number of hydrogen-bond donors (Lipinski definition) is 1. The Morgan fingerprint density at radius 3 is 2.17 bits per heavy atom. The standard InChI is InChI=1S/C24H23N3O7S/c1-32-18-11-10-15(35(4,30)31)12-17(18)27-21(24(29)34-3)20(23(28)33-2)19(16(13-25)22(27)26)14-8-6-5-7-9-14/h5-12,19H,26H2,1-4H3. The summed E-state index contributed by atoms with van der Waals surface area (Å²) < 4.78 is 39.9. The van der Waals surface area contributed by atoms with Gasteiger partial charge in [-0.15, -0.1) is 0 Å². The van der Waals surface area contributed by atoms with Gasteiger partial charge in [0, 0.05) is 6.26 Å². The van der Waals surface area contributed by atoms with Gasteiger partial charge >= 0.3 is 11.9 Å². The summed E-state index contributed by atoms with van der Waals surface area (Å²) in [5.74, 6) is -3.00. The molecule has 1 unspecified atom stereocenters. The van der Waals surface area contributed by atoms with E-state index in [4.69, 9.17) is 19.9 Å². The molecule has 2 aromatic rings. The van der Waals surface area contributed by atoms with Crippen LogP contribution in [0.5, 0.6) is 5.75 Å².